The number of ether oxygens (including phenoxy) is 2. The number of hydrogen-bond acceptors (Lipinski definition) is 6. The highest BCUT2D eigenvalue weighted by Crippen LogP contribution is 2.30. The van der Waals surface area contributed by atoms with Crippen LogP contribution in [0.4, 0.5) is 10.3 Å². The van der Waals surface area contributed by atoms with Crippen LogP contribution in [0.3, 0.4) is 0 Å². The first-order valence-electron chi connectivity index (χ1n) is 11.6. The van der Waals surface area contributed by atoms with Crippen molar-refractivity contribution in [2.75, 3.05) is 31.6 Å². The first-order valence-corrected chi connectivity index (χ1v) is 11.6. The maximum absolute atomic E-state index is 14.5. The van der Waals surface area contributed by atoms with Gasteiger partial charge in [-0.05, 0) is 49.9 Å². The molecule has 0 unspecified atom stereocenters. The predicted octanol–water partition coefficient (Wildman–Crippen LogP) is 5.16. The topological polar surface area (TPSA) is 59.5 Å². The third kappa shape index (κ3) is 5.99. The minimum absolute atomic E-state index is 0.256. The second kappa shape index (κ2) is 11.1. The van der Waals surface area contributed by atoms with Crippen LogP contribution >= 0.6 is 0 Å². The van der Waals surface area contributed by atoms with E-state index in [0.717, 1.165) is 49.2 Å². The Labute approximate surface area is 194 Å². The third-order valence-electron chi connectivity index (χ3n) is 5.75. The van der Waals surface area contributed by atoms with Gasteiger partial charge in [-0.25, -0.2) is 9.97 Å². The van der Waals surface area contributed by atoms with Gasteiger partial charge in [0.25, 0.3) is 0 Å². The molecule has 6 nitrogen and oxygen atoms in total. The maximum atomic E-state index is 14.5. The standard InChI is InChI=1S/C26H31FN4O2/c1-3-32-23-14-19(15-24(25(23)27)33-4-2)18-31-12-10-22(11-13-31)30-26-28-16-21(17-29-26)20-8-6-5-7-9-20/h5-9,14-17,22H,3-4,10-13,18H2,1-2H3,(H,28,29,30). The van der Waals surface area contributed by atoms with E-state index in [2.05, 4.69) is 32.3 Å². The lowest BCUT2D eigenvalue weighted by Crippen LogP contribution is -2.39. The summed E-state index contributed by atoms with van der Waals surface area (Å²) in [6, 6.07) is 14.0. The number of likely N-dealkylation sites (tertiary alicyclic amines) is 1. The highest BCUT2D eigenvalue weighted by Gasteiger charge is 2.21. The van der Waals surface area contributed by atoms with E-state index in [1.807, 2.05) is 44.4 Å². The Morgan fingerprint density at radius 1 is 0.939 bits per heavy atom. The number of anilines is 1. The Morgan fingerprint density at radius 2 is 1.55 bits per heavy atom. The Bertz CT molecular complexity index is 995. The molecule has 0 atom stereocenters. The summed E-state index contributed by atoms with van der Waals surface area (Å²) in [4.78, 5) is 11.4. The van der Waals surface area contributed by atoms with E-state index in [0.29, 0.717) is 25.2 Å². The van der Waals surface area contributed by atoms with Crippen molar-refractivity contribution in [1.82, 2.24) is 14.9 Å². The second-order valence-corrected chi connectivity index (χ2v) is 8.13. The minimum atomic E-state index is -0.427. The molecule has 0 amide bonds. The van der Waals surface area contributed by atoms with Crippen LogP contribution in [0.2, 0.25) is 0 Å². The molecule has 1 fully saturated rings. The highest BCUT2D eigenvalue weighted by molar-refractivity contribution is 5.61. The molecule has 1 aliphatic heterocycles. The van der Waals surface area contributed by atoms with Gasteiger partial charge in [-0.15, -0.1) is 0 Å². The van der Waals surface area contributed by atoms with Crippen molar-refractivity contribution in [3.63, 3.8) is 0 Å². The lowest BCUT2D eigenvalue weighted by molar-refractivity contribution is 0.210. The molecule has 0 saturated carbocycles. The van der Waals surface area contributed by atoms with Gasteiger partial charge in [0, 0.05) is 43.6 Å². The fraction of sp³-hybridized carbons (Fsp3) is 0.385. The van der Waals surface area contributed by atoms with Gasteiger partial charge in [0.15, 0.2) is 11.5 Å². The number of halogens is 1. The van der Waals surface area contributed by atoms with Gasteiger partial charge < -0.3 is 14.8 Å². The first-order chi connectivity index (χ1) is 16.2. The highest BCUT2D eigenvalue weighted by atomic mass is 19.1. The van der Waals surface area contributed by atoms with Crippen molar-refractivity contribution in [3.05, 3.63) is 66.2 Å². The second-order valence-electron chi connectivity index (χ2n) is 8.13. The zero-order chi connectivity index (χ0) is 23.0. The quantitative estimate of drug-likeness (QED) is 0.486. The molecule has 0 radical (unpaired) electrons. The molecule has 0 spiro atoms. The number of aromatic nitrogens is 2. The van der Waals surface area contributed by atoms with Crippen LogP contribution in [0, 0.1) is 5.82 Å². The zero-order valence-electron chi connectivity index (χ0n) is 19.3. The van der Waals surface area contributed by atoms with Crippen molar-refractivity contribution in [2.24, 2.45) is 0 Å². The van der Waals surface area contributed by atoms with E-state index in [1.165, 1.54) is 0 Å². The van der Waals surface area contributed by atoms with E-state index in [9.17, 15) is 4.39 Å². The Balaban J connectivity index is 1.32. The van der Waals surface area contributed by atoms with Gasteiger partial charge in [-0.1, -0.05) is 30.3 Å². The summed E-state index contributed by atoms with van der Waals surface area (Å²) in [5, 5.41) is 3.46. The summed E-state index contributed by atoms with van der Waals surface area (Å²) in [6.45, 7) is 7.13. The van der Waals surface area contributed by atoms with Crippen LogP contribution in [0.5, 0.6) is 11.5 Å². The van der Waals surface area contributed by atoms with Crippen LogP contribution in [-0.2, 0) is 6.54 Å². The van der Waals surface area contributed by atoms with Crippen LogP contribution in [0.1, 0.15) is 32.3 Å². The van der Waals surface area contributed by atoms with E-state index in [1.54, 1.807) is 12.1 Å². The fourth-order valence-corrected chi connectivity index (χ4v) is 4.10. The molecule has 1 N–H and O–H groups in total. The summed E-state index contributed by atoms with van der Waals surface area (Å²) >= 11 is 0. The van der Waals surface area contributed by atoms with E-state index < -0.39 is 5.82 Å². The molecule has 0 aliphatic carbocycles. The molecule has 1 aliphatic rings. The Morgan fingerprint density at radius 3 is 2.12 bits per heavy atom. The lowest BCUT2D eigenvalue weighted by Gasteiger charge is -2.32. The van der Waals surface area contributed by atoms with Gasteiger partial charge in [0.1, 0.15) is 0 Å². The number of hydrogen-bond donors (Lipinski definition) is 1. The van der Waals surface area contributed by atoms with Crippen molar-refractivity contribution in [2.45, 2.75) is 39.3 Å². The molecule has 1 aromatic heterocycles. The molecule has 33 heavy (non-hydrogen) atoms. The number of piperidine rings is 1. The molecule has 174 valence electrons. The van der Waals surface area contributed by atoms with Gasteiger partial charge in [0.2, 0.25) is 11.8 Å². The molecule has 1 saturated heterocycles. The van der Waals surface area contributed by atoms with Crippen LogP contribution < -0.4 is 14.8 Å². The number of nitrogens with zero attached hydrogens (tertiary/aromatic N) is 3. The van der Waals surface area contributed by atoms with E-state index in [-0.39, 0.29) is 11.5 Å². The van der Waals surface area contributed by atoms with Gasteiger partial charge in [0.05, 0.1) is 13.2 Å². The molecule has 2 heterocycles. The average molecular weight is 451 g/mol. The van der Waals surface area contributed by atoms with Crippen molar-refractivity contribution in [3.8, 4) is 22.6 Å². The smallest absolute Gasteiger partial charge is 0.222 e. The summed E-state index contributed by atoms with van der Waals surface area (Å²) in [6.07, 6.45) is 5.70. The lowest BCUT2D eigenvalue weighted by atomic mass is 10.0. The van der Waals surface area contributed by atoms with Crippen molar-refractivity contribution < 1.29 is 13.9 Å². The van der Waals surface area contributed by atoms with Crippen LogP contribution in [-0.4, -0.2) is 47.2 Å². The van der Waals surface area contributed by atoms with Crippen LogP contribution in [0.25, 0.3) is 11.1 Å². The predicted molar refractivity (Wildman–Crippen MR) is 128 cm³/mol. The van der Waals surface area contributed by atoms with Gasteiger partial charge >= 0.3 is 0 Å². The summed E-state index contributed by atoms with van der Waals surface area (Å²) in [7, 11) is 0. The summed E-state index contributed by atoms with van der Waals surface area (Å²) in [5.74, 6) is 0.746. The molecule has 2 aromatic carbocycles. The molecule has 3 aromatic rings. The Kier molecular flexibility index (Phi) is 7.73. The van der Waals surface area contributed by atoms with E-state index in [4.69, 9.17) is 9.47 Å². The molecule has 7 heteroatoms. The molecular weight excluding hydrogens is 419 g/mol. The Hall–Kier alpha value is -3.19. The summed E-state index contributed by atoms with van der Waals surface area (Å²) in [5.41, 5.74) is 3.11. The van der Waals surface area contributed by atoms with Crippen molar-refractivity contribution in [1.29, 1.82) is 0 Å². The first kappa shape index (κ1) is 23.0. The zero-order valence-corrected chi connectivity index (χ0v) is 19.3. The van der Waals surface area contributed by atoms with E-state index >= 15 is 0 Å². The van der Waals surface area contributed by atoms with Gasteiger partial charge in [-0.3, -0.25) is 4.90 Å². The number of benzene rings is 2. The third-order valence-corrected chi connectivity index (χ3v) is 5.75. The molecule has 0 bridgehead atoms. The maximum Gasteiger partial charge on any atom is 0.222 e. The average Bonchev–Trinajstić information content (AvgIpc) is 2.84. The minimum Gasteiger partial charge on any atom is -0.491 e. The van der Waals surface area contributed by atoms with Gasteiger partial charge in [-0.2, -0.15) is 4.39 Å². The largest absolute Gasteiger partial charge is 0.491 e. The fourth-order valence-electron chi connectivity index (χ4n) is 4.10. The molecular formula is C26H31FN4O2. The normalized spacial score (nSPS) is 14.8. The monoisotopic (exact) mass is 450 g/mol. The number of rotatable bonds is 9. The molecule has 4 rings (SSSR count). The SMILES string of the molecule is CCOc1cc(CN2CCC(Nc3ncc(-c4ccccc4)cn3)CC2)cc(OCC)c1F. The number of nitrogens with one attached hydrogen (secondary N) is 1. The van der Waals surface area contributed by atoms with Crippen LogP contribution in [0.15, 0.2) is 54.9 Å². The van der Waals surface area contributed by atoms with Crippen molar-refractivity contribution >= 4 is 5.95 Å². The summed E-state index contributed by atoms with van der Waals surface area (Å²) < 4.78 is 25.5.